The molecule has 0 spiro atoms. The summed E-state index contributed by atoms with van der Waals surface area (Å²) in [5.74, 6) is 1.02. The van der Waals surface area contributed by atoms with Crippen molar-refractivity contribution in [2.45, 2.75) is 13.5 Å². The van der Waals surface area contributed by atoms with Crippen molar-refractivity contribution in [2.75, 3.05) is 24.8 Å². The van der Waals surface area contributed by atoms with Crippen molar-refractivity contribution in [3.63, 3.8) is 0 Å². The molecule has 18 heavy (non-hydrogen) atoms. The average Bonchev–Trinajstić information content (AvgIpc) is 2.23. The van der Waals surface area contributed by atoms with Crippen molar-refractivity contribution in [3.8, 4) is 0 Å². The maximum atomic E-state index is 11.8. The minimum atomic E-state index is -0.152. The number of halogens is 3. The summed E-state index contributed by atoms with van der Waals surface area (Å²) >= 11 is 16.3. The molecule has 1 heterocycles. The quantitative estimate of drug-likeness (QED) is 0.621. The Morgan fingerprint density at radius 2 is 1.78 bits per heavy atom. The van der Waals surface area contributed by atoms with E-state index in [2.05, 4.69) is 9.97 Å². The van der Waals surface area contributed by atoms with E-state index < -0.39 is 0 Å². The van der Waals surface area contributed by atoms with Crippen LogP contribution in [0.2, 0.25) is 0 Å². The first-order valence-electron chi connectivity index (χ1n) is 5.25. The topological polar surface area (TPSA) is 51.9 Å². The first-order chi connectivity index (χ1) is 8.08. The summed E-state index contributed by atoms with van der Waals surface area (Å²) in [5, 5.41) is 0. The number of H-pyrrole nitrogens is 2. The van der Waals surface area contributed by atoms with Gasteiger partial charge in [-0.3, -0.25) is 14.7 Å². The van der Waals surface area contributed by atoms with Gasteiger partial charge in [0, 0.05) is 37.1 Å². The zero-order valence-corrected chi connectivity index (χ0v) is 13.1. The fourth-order valence-electron chi connectivity index (χ4n) is 1.55. The fraction of sp³-hybridized carbons (Fsp3) is 0.600. The van der Waals surface area contributed by atoms with Crippen LogP contribution in [0.4, 0.5) is 0 Å². The Morgan fingerprint density at radius 1 is 1.22 bits per heavy atom. The Morgan fingerprint density at radius 3 is 2.22 bits per heavy atom. The molecule has 0 atom stereocenters. The molecule has 1 aromatic rings. The van der Waals surface area contributed by atoms with E-state index in [1.54, 1.807) is 0 Å². The summed E-state index contributed by atoms with van der Waals surface area (Å²) in [4.78, 5) is 19.3. The molecule has 0 aliphatic rings. The van der Waals surface area contributed by atoms with Crippen LogP contribution < -0.4 is 5.56 Å². The molecular weight excluding hydrogens is 317 g/mol. The van der Waals surface area contributed by atoms with Gasteiger partial charge in [0.25, 0.3) is 5.56 Å². The first kappa shape index (κ1) is 17.9. The minimum absolute atomic E-state index is 0. The Bertz CT molecular complexity index is 468. The van der Waals surface area contributed by atoms with Crippen LogP contribution in [0.5, 0.6) is 0 Å². The van der Waals surface area contributed by atoms with E-state index in [1.807, 2.05) is 11.8 Å². The Kier molecular flexibility index (Phi) is 8.90. The lowest BCUT2D eigenvalue weighted by atomic mass is 10.2. The largest absolute Gasteiger partial charge is 0.336 e. The Balaban J connectivity index is 0.00000289. The third-order valence-corrected chi connectivity index (χ3v) is 2.98. The normalized spacial score (nSPS) is 10.4. The molecule has 0 fully saturated rings. The van der Waals surface area contributed by atoms with Crippen molar-refractivity contribution in [1.82, 2.24) is 14.9 Å². The first-order valence-corrected chi connectivity index (χ1v) is 6.72. The molecule has 0 unspecified atom stereocenters. The van der Waals surface area contributed by atoms with E-state index in [-0.39, 0.29) is 18.0 Å². The van der Waals surface area contributed by atoms with Crippen LogP contribution in [0.25, 0.3) is 0 Å². The lowest BCUT2D eigenvalue weighted by molar-refractivity contribution is 0.297. The highest BCUT2D eigenvalue weighted by atomic mass is 35.5. The highest BCUT2D eigenvalue weighted by Crippen LogP contribution is 2.04. The van der Waals surface area contributed by atoms with Gasteiger partial charge in [0.1, 0.15) is 0 Å². The van der Waals surface area contributed by atoms with Crippen LogP contribution in [0, 0.1) is 11.7 Å². The fourth-order valence-corrected chi connectivity index (χ4v) is 2.27. The lowest BCUT2D eigenvalue weighted by Gasteiger charge is -2.20. The van der Waals surface area contributed by atoms with Gasteiger partial charge in [-0.1, -0.05) is 0 Å². The zero-order chi connectivity index (χ0) is 12.8. The maximum Gasteiger partial charge on any atom is 0.256 e. The predicted octanol–water partition coefficient (Wildman–Crippen LogP) is 2.44. The Labute approximate surface area is 127 Å². The lowest BCUT2D eigenvalue weighted by Crippen LogP contribution is -2.31. The smallest absolute Gasteiger partial charge is 0.256 e. The molecular formula is C10H16Cl3N3OS. The molecule has 0 aliphatic carbocycles. The average molecular weight is 333 g/mol. The van der Waals surface area contributed by atoms with Gasteiger partial charge in [0.15, 0.2) is 4.77 Å². The minimum Gasteiger partial charge on any atom is -0.336 e. The third kappa shape index (κ3) is 5.28. The second-order valence-electron chi connectivity index (χ2n) is 3.67. The number of nitrogens with one attached hydrogen (secondary N) is 2. The van der Waals surface area contributed by atoms with Crippen LogP contribution in [0.1, 0.15) is 11.3 Å². The van der Waals surface area contributed by atoms with Gasteiger partial charge >= 0.3 is 0 Å². The number of aromatic amines is 2. The molecule has 0 saturated heterocycles. The van der Waals surface area contributed by atoms with Gasteiger partial charge in [-0.25, -0.2) is 0 Å². The van der Waals surface area contributed by atoms with Crippen LogP contribution in [0.15, 0.2) is 4.79 Å². The highest BCUT2D eigenvalue weighted by molar-refractivity contribution is 7.71. The summed E-state index contributed by atoms with van der Waals surface area (Å²) in [6.45, 7) is 3.75. The highest BCUT2D eigenvalue weighted by Gasteiger charge is 2.10. The number of alkyl halides is 2. The van der Waals surface area contributed by atoms with Crippen LogP contribution in [-0.4, -0.2) is 39.7 Å². The van der Waals surface area contributed by atoms with E-state index in [0.29, 0.717) is 41.7 Å². The summed E-state index contributed by atoms with van der Waals surface area (Å²) < 4.78 is 0.345. The number of aromatic nitrogens is 2. The van der Waals surface area contributed by atoms with Crippen molar-refractivity contribution in [1.29, 1.82) is 0 Å². The molecule has 4 nitrogen and oxygen atoms in total. The molecule has 2 N–H and O–H groups in total. The van der Waals surface area contributed by atoms with Gasteiger partial charge in [-0.2, -0.15) is 0 Å². The van der Waals surface area contributed by atoms with Crippen LogP contribution >= 0.6 is 47.8 Å². The van der Waals surface area contributed by atoms with Crippen molar-refractivity contribution >= 4 is 47.8 Å². The second kappa shape index (κ2) is 8.93. The number of hydrogen-bond acceptors (Lipinski definition) is 3. The zero-order valence-electron chi connectivity index (χ0n) is 9.96. The van der Waals surface area contributed by atoms with Crippen LogP contribution in [-0.2, 0) is 6.54 Å². The predicted molar refractivity (Wildman–Crippen MR) is 80.9 cm³/mol. The van der Waals surface area contributed by atoms with Gasteiger partial charge in [0.05, 0.1) is 5.56 Å². The van der Waals surface area contributed by atoms with E-state index in [9.17, 15) is 4.79 Å². The summed E-state index contributed by atoms with van der Waals surface area (Å²) in [7, 11) is 0. The van der Waals surface area contributed by atoms with Crippen LogP contribution in [0.3, 0.4) is 0 Å². The molecule has 0 amide bonds. The monoisotopic (exact) mass is 331 g/mol. The number of rotatable bonds is 6. The van der Waals surface area contributed by atoms with Crippen molar-refractivity contribution in [2.24, 2.45) is 0 Å². The summed E-state index contributed by atoms with van der Waals surface area (Å²) in [5.41, 5.74) is 1.31. The summed E-state index contributed by atoms with van der Waals surface area (Å²) in [6.07, 6.45) is 0. The molecule has 0 aromatic carbocycles. The molecule has 104 valence electrons. The summed E-state index contributed by atoms with van der Waals surface area (Å²) in [6, 6.07) is 0. The Hall–Kier alpha value is -0.0700. The molecule has 0 bridgehead atoms. The number of aryl methyl sites for hydroxylation is 1. The van der Waals surface area contributed by atoms with Gasteiger partial charge in [-0.15, -0.1) is 35.6 Å². The standard InChI is InChI=1S/C10H15Cl2N3OS.ClH/c1-7-8(9(16)14-10(17)13-7)6-15(4-2-11)5-3-12;/h2-6H2,1H3,(H2,13,14,16,17);1H. The molecule has 1 rings (SSSR count). The van der Waals surface area contributed by atoms with Gasteiger partial charge in [-0.05, 0) is 19.1 Å². The maximum absolute atomic E-state index is 11.8. The SMILES string of the molecule is Cc1[nH]c(=S)[nH]c(=O)c1CN(CCCl)CCCl.Cl. The third-order valence-electron chi connectivity index (χ3n) is 2.44. The molecule has 8 heteroatoms. The number of hydrogen-bond donors (Lipinski definition) is 2. The van der Waals surface area contributed by atoms with Gasteiger partial charge < -0.3 is 4.98 Å². The van der Waals surface area contributed by atoms with E-state index in [1.165, 1.54) is 0 Å². The van der Waals surface area contributed by atoms with Gasteiger partial charge in [0.2, 0.25) is 0 Å². The molecule has 0 radical (unpaired) electrons. The van der Waals surface area contributed by atoms with E-state index in [0.717, 1.165) is 5.69 Å². The van der Waals surface area contributed by atoms with E-state index in [4.69, 9.17) is 35.4 Å². The van der Waals surface area contributed by atoms with E-state index >= 15 is 0 Å². The molecule has 1 aromatic heterocycles. The second-order valence-corrected chi connectivity index (χ2v) is 4.83. The molecule has 0 aliphatic heterocycles. The number of nitrogens with zero attached hydrogens (tertiary/aromatic N) is 1. The molecule has 0 saturated carbocycles. The van der Waals surface area contributed by atoms with Crippen molar-refractivity contribution in [3.05, 3.63) is 26.4 Å². The van der Waals surface area contributed by atoms with Crippen molar-refractivity contribution < 1.29 is 0 Å².